The van der Waals surface area contributed by atoms with E-state index in [0.717, 1.165) is 6.42 Å². The average molecular weight is 290 g/mol. The predicted octanol–water partition coefficient (Wildman–Crippen LogP) is 2.35. The minimum atomic E-state index is -0.372. The third-order valence-electron chi connectivity index (χ3n) is 1.99. The monoisotopic (exact) mass is 289 g/mol. The normalized spacial score (nSPS) is 10.2. The molecule has 0 aliphatic heterocycles. The Balaban J connectivity index is 2.53. The van der Waals surface area contributed by atoms with Gasteiger partial charge in [0.15, 0.2) is 0 Å². The molecule has 1 N–H and O–H groups in total. The highest BCUT2D eigenvalue weighted by Crippen LogP contribution is 2.17. The third kappa shape index (κ3) is 3.90. The number of amides is 1. The SMILES string of the molecule is COCCCNC(=O)c1ccc(F)cc1Br. The van der Waals surface area contributed by atoms with Gasteiger partial charge in [-0.05, 0) is 40.5 Å². The standard InChI is InChI=1S/C11H13BrFNO2/c1-16-6-2-5-14-11(15)9-4-3-8(13)7-10(9)12/h3-4,7H,2,5-6H2,1H3,(H,14,15). The quantitative estimate of drug-likeness (QED) is 0.845. The molecule has 88 valence electrons. The number of benzene rings is 1. The maximum absolute atomic E-state index is 12.8. The maximum atomic E-state index is 12.8. The van der Waals surface area contributed by atoms with E-state index in [9.17, 15) is 9.18 Å². The topological polar surface area (TPSA) is 38.3 Å². The van der Waals surface area contributed by atoms with E-state index in [-0.39, 0.29) is 11.7 Å². The number of methoxy groups -OCH3 is 1. The zero-order chi connectivity index (χ0) is 12.0. The van der Waals surface area contributed by atoms with Crippen molar-refractivity contribution >= 4 is 21.8 Å². The molecule has 1 amide bonds. The number of carbonyl (C=O) groups is 1. The Bertz CT molecular complexity index is 371. The van der Waals surface area contributed by atoms with E-state index < -0.39 is 0 Å². The molecule has 1 aromatic rings. The first-order valence-electron chi connectivity index (χ1n) is 4.87. The molecule has 0 bridgehead atoms. The highest BCUT2D eigenvalue weighted by Gasteiger charge is 2.09. The Morgan fingerprint density at radius 2 is 2.31 bits per heavy atom. The molecule has 0 fully saturated rings. The minimum Gasteiger partial charge on any atom is -0.385 e. The molecule has 3 nitrogen and oxygen atoms in total. The number of hydrogen-bond donors (Lipinski definition) is 1. The van der Waals surface area contributed by atoms with Gasteiger partial charge < -0.3 is 10.1 Å². The Hall–Kier alpha value is -0.940. The van der Waals surface area contributed by atoms with Crippen molar-refractivity contribution in [1.29, 1.82) is 0 Å². The Kier molecular flexibility index (Phi) is 5.42. The summed E-state index contributed by atoms with van der Waals surface area (Å²) in [5.41, 5.74) is 0.429. The minimum absolute atomic E-state index is 0.219. The smallest absolute Gasteiger partial charge is 0.252 e. The Morgan fingerprint density at radius 1 is 1.56 bits per heavy atom. The first-order valence-corrected chi connectivity index (χ1v) is 5.66. The van der Waals surface area contributed by atoms with Gasteiger partial charge in [0.05, 0.1) is 5.56 Å². The van der Waals surface area contributed by atoms with Crippen molar-refractivity contribution in [2.75, 3.05) is 20.3 Å². The molecular formula is C11H13BrFNO2. The molecule has 1 rings (SSSR count). The van der Waals surface area contributed by atoms with E-state index in [0.29, 0.717) is 23.2 Å². The van der Waals surface area contributed by atoms with Gasteiger partial charge in [0.25, 0.3) is 5.91 Å². The number of carbonyl (C=O) groups excluding carboxylic acids is 1. The molecule has 0 aliphatic carbocycles. The van der Waals surface area contributed by atoms with Crippen molar-refractivity contribution < 1.29 is 13.9 Å². The summed E-state index contributed by atoms with van der Waals surface area (Å²) in [6, 6.07) is 3.98. The van der Waals surface area contributed by atoms with Crippen LogP contribution in [0, 0.1) is 5.82 Å². The lowest BCUT2D eigenvalue weighted by molar-refractivity contribution is 0.0948. The van der Waals surface area contributed by atoms with Crippen LogP contribution < -0.4 is 5.32 Å². The van der Waals surface area contributed by atoms with Crippen LogP contribution in [0.5, 0.6) is 0 Å². The molecule has 5 heteroatoms. The number of rotatable bonds is 5. The van der Waals surface area contributed by atoms with Gasteiger partial charge in [-0.3, -0.25) is 4.79 Å². The summed E-state index contributed by atoms with van der Waals surface area (Å²) in [7, 11) is 1.61. The third-order valence-corrected chi connectivity index (χ3v) is 2.64. The average Bonchev–Trinajstić information content (AvgIpc) is 2.24. The van der Waals surface area contributed by atoms with Gasteiger partial charge in [-0.15, -0.1) is 0 Å². The van der Waals surface area contributed by atoms with Gasteiger partial charge in [0.2, 0.25) is 0 Å². The van der Waals surface area contributed by atoms with Crippen LogP contribution in [0.3, 0.4) is 0 Å². The Labute approximate surface area is 102 Å². The lowest BCUT2D eigenvalue weighted by atomic mass is 10.2. The molecule has 0 radical (unpaired) electrons. The zero-order valence-electron chi connectivity index (χ0n) is 8.93. The highest BCUT2D eigenvalue weighted by molar-refractivity contribution is 9.10. The van der Waals surface area contributed by atoms with Crippen LogP contribution >= 0.6 is 15.9 Å². The molecular weight excluding hydrogens is 277 g/mol. The fraction of sp³-hybridized carbons (Fsp3) is 0.364. The summed E-state index contributed by atoms with van der Waals surface area (Å²) in [4.78, 5) is 11.6. The fourth-order valence-electron chi connectivity index (χ4n) is 1.19. The maximum Gasteiger partial charge on any atom is 0.252 e. The molecule has 0 saturated carbocycles. The number of nitrogens with one attached hydrogen (secondary N) is 1. The van der Waals surface area contributed by atoms with Crippen LogP contribution in [0.2, 0.25) is 0 Å². The molecule has 1 aromatic carbocycles. The van der Waals surface area contributed by atoms with E-state index in [1.807, 2.05) is 0 Å². The van der Waals surface area contributed by atoms with Crippen molar-refractivity contribution in [3.8, 4) is 0 Å². The number of hydrogen-bond acceptors (Lipinski definition) is 2. The van der Waals surface area contributed by atoms with Gasteiger partial charge in [-0.2, -0.15) is 0 Å². The molecule has 0 heterocycles. The largest absolute Gasteiger partial charge is 0.385 e. The number of halogens is 2. The zero-order valence-corrected chi connectivity index (χ0v) is 10.5. The molecule has 16 heavy (non-hydrogen) atoms. The first kappa shape index (κ1) is 13.1. The van der Waals surface area contributed by atoms with Crippen LogP contribution in [-0.2, 0) is 4.74 Å². The second-order valence-electron chi connectivity index (χ2n) is 3.23. The summed E-state index contributed by atoms with van der Waals surface area (Å²) in [5, 5.41) is 2.72. The molecule has 0 unspecified atom stereocenters. The summed E-state index contributed by atoms with van der Waals surface area (Å²) in [6.45, 7) is 1.14. The van der Waals surface area contributed by atoms with Gasteiger partial charge in [0, 0.05) is 24.7 Å². The van der Waals surface area contributed by atoms with Gasteiger partial charge in [-0.1, -0.05) is 0 Å². The summed E-state index contributed by atoms with van der Waals surface area (Å²) in [5.74, 6) is -0.592. The number of ether oxygens (including phenoxy) is 1. The fourth-order valence-corrected chi connectivity index (χ4v) is 1.72. The van der Waals surface area contributed by atoms with Crippen LogP contribution in [0.4, 0.5) is 4.39 Å². The van der Waals surface area contributed by atoms with Crippen molar-refractivity contribution in [1.82, 2.24) is 5.32 Å². The molecule has 0 aromatic heterocycles. The van der Waals surface area contributed by atoms with Crippen LogP contribution in [-0.4, -0.2) is 26.2 Å². The highest BCUT2D eigenvalue weighted by atomic mass is 79.9. The van der Waals surface area contributed by atoms with Crippen LogP contribution in [0.1, 0.15) is 16.8 Å². The van der Waals surface area contributed by atoms with E-state index in [2.05, 4.69) is 21.2 Å². The molecule has 0 aliphatic rings. The lowest BCUT2D eigenvalue weighted by Gasteiger charge is -2.06. The summed E-state index contributed by atoms with van der Waals surface area (Å²) < 4.78 is 18.1. The molecule has 0 spiro atoms. The second-order valence-corrected chi connectivity index (χ2v) is 4.08. The van der Waals surface area contributed by atoms with Crippen molar-refractivity contribution in [3.63, 3.8) is 0 Å². The van der Waals surface area contributed by atoms with E-state index in [1.54, 1.807) is 7.11 Å². The van der Waals surface area contributed by atoms with Crippen LogP contribution in [0.15, 0.2) is 22.7 Å². The van der Waals surface area contributed by atoms with Crippen LogP contribution in [0.25, 0.3) is 0 Å². The van der Waals surface area contributed by atoms with E-state index in [4.69, 9.17) is 4.74 Å². The Morgan fingerprint density at radius 3 is 2.94 bits per heavy atom. The lowest BCUT2D eigenvalue weighted by Crippen LogP contribution is -2.25. The van der Waals surface area contributed by atoms with E-state index >= 15 is 0 Å². The van der Waals surface area contributed by atoms with Gasteiger partial charge >= 0.3 is 0 Å². The second kappa shape index (κ2) is 6.60. The summed E-state index contributed by atoms with van der Waals surface area (Å²) in [6.07, 6.45) is 0.751. The van der Waals surface area contributed by atoms with Crippen molar-refractivity contribution in [3.05, 3.63) is 34.1 Å². The van der Waals surface area contributed by atoms with Crippen molar-refractivity contribution in [2.24, 2.45) is 0 Å². The van der Waals surface area contributed by atoms with Crippen molar-refractivity contribution in [2.45, 2.75) is 6.42 Å². The predicted molar refractivity (Wildman–Crippen MR) is 62.9 cm³/mol. The van der Waals surface area contributed by atoms with Gasteiger partial charge in [-0.25, -0.2) is 4.39 Å². The molecule has 0 atom stereocenters. The van der Waals surface area contributed by atoms with Gasteiger partial charge in [0.1, 0.15) is 5.82 Å². The van der Waals surface area contributed by atoms with E-state index in [1.165, 1.54) is 18.2 Å². The molecule has 0 saturated heterocycles. The summed E-state index contributed by atoms with van der Waals surface area (Å²) >= 11 is 3.14. The first-order chi connectivity index (χ1) is 7.65.